The highest BCUT2D eigenvalue weighted by molar-refractivity contribution is 4.92. The number of nitrogens with one attached hydrogen (secondary N) is 1. The predicted molar refractivity (Wildman–Crippen MR) is 72.0 cm³/mol. The van der Waals surface area contributed by atoms with Crippen molar-refractivity contribution in [3.05, 3.63) is 18.5 Å². The number of aromatic nitrogens is 2. The summed E-state index contributed by atoms with van der Waals surface area (Å²) in [4.78, 5) is 0. The van der Waals surface area contributed by atoms with E-state index < -0.39 is 0 Å². The zero-order valence-corrected chi connectivity index (χ0v) is 11.4. The van der Waals surface area contributed by atoms with Crippen LogP contribution in [0.1, 0.15) is 25.7 Å². The van der Waals surface area contributed by atoms with Crippen LogP contribution >= 0.6 is 0 Å². The molecule has 5 nitrogen and oxygen atoms in total. The van der Waals surface area contributed by atoms with Crippen LogP contribution in [0.5, 0.6) is 0 Å². The van der Waals surface area contributed by atoms with Crippen LogP contribution in [0.3, 0.4) is 0 Å². The zero-order chi connectivity index (χ0) is 13.0. The Labute approximate surface area is 114 Å². The molecule has 2 aliphatic heterocycles. The first kappa shape index (κ1) is 13.1. The minimum Gasteiger partial charge on any atom is -0.378 e. The minimum absolute atomic E-state index is 0.0118. The fourth-order valence-corrected chi connectivity index (χ4v) is 3.05. The van der Waals surface area contributed by atoms with Crippen molar-refractivity contribution in [1.29, 1.82) is 0 Å². The normalized spacial score (nSPS) is 31.1. The van der Waals surface area contributed by atoms with Crippen molar-refractivity contribution in [2.24, 2.45) is 0 Å². The molecule has 2 saturated heterocycles. The fourth-order valence-electron chi connectivity index (χ4n) is 3.05. The average Bonchev–Trinajstić information content (AvgIpc) is 3.07. The quantitative estimate of drug-likeness (QED) is 0.813. The van der Waals surface area contributed by atoms with Gasteiger partial charge in [-0.05, 0) is 31.9 Å². The summed E-state index contributed by atoms with van der Waals surface area (Å²) in [5.74, 6) is 0. The van der Waals surface area contributed by atoms with Crippen LogP contribution in [0.2, 0.25) is 0 Å². The van der Waals surface area contributed by atoms with Crippen molar-refractivity contribution < 1.29 is 9.47 Å². The average molecular weight is 265 g/mol. The molecule has 0 amide bonds. The van der Waals surface area contributed by atoms with Gasteiger partial charge in [0.15, 0.2) is 0 Å². The van der Waals surface area contributed by atoms with Crippen LogP contribution in [-0.2, 0) is 16.0 Å². The smallest absolute Gasteiger partial charge is 0.0951 e. The van der Waals surface area contributed by atoms with Gasteiger partial charge in [-0.1, -0.05) is 0 Å². The number of rotatable bonds is 5. The van der Waals surface area contributed by atoms with Gasteiger partial charge in [0.05, 0.1) is 12.2 Å². The van der Waals surface area contributed by atoms with E-state index in [0.717, 1.165) is 58.6 Å². The first-order chi connectivity index (χ1) is 9.36. The van der Waals surface area contributed by atoms with E-state index in [1.54, 1.807) is 0 Å². The summed E-state index contributed by atoms with van der Waals surface area (Å²) in [6.07, 6.45) is 8.22. The molecule has 0 saturated carbocycles. The Hall–Kier alpha value is -0.910. The Balaban J connectivity index is 1.38. The van der Waals surface area contributed by atoms with Crippen molar-refractivity contribution in [1.82, 2.24) is 15.1 Å². The topological polar surface area (TPSA) is 48.3 Å². The Kier molecular flexibility index (Phi) is 4.15. The molecule has 1 spiro atoms. The van der Waals surface area contributed by atoms with Crippen molar-refractivity contribution in [3.63, 3.8) is 0 Å². The van der Waals surface area contributed by atoms with E-state index in [0.29, 0.717) is 6.04 Å². The highest BCUT2D eigenvalue weighted by Crippen LogP contribution is 2.32. The second-order valence-corrected chi connectivity index (χ2v) is 5.60. The monoisotopic (exact) mass is 265 g/mol. The maximum absolute atomic E-state index is 5.94. The van der Waals surface area contributed by atoms with Crippen LogP contribution in [0.4, 0.5) is 0 Å². The van der Waals surface area contributed by atoms with E-state index in [4.69, 9.17) is 9.47 Å². The van der Waals surface area contributed by atoms with Crippen LogP contribution in [-0.4, -0.2) is 47.8 Å². The Morgan fingerprint density at radius 2 is 2.42 bits per heavy atom. The van der Waals surface area contributed by atoms with Gasteiger partial charge in [-0.25, -0.2) is 0 Å². The second-order valence-electron chi connectivity index (χ2n) is 5.60. The molecule has 1 aromatic rings. The molecule has 0 aliphatic carbocycles. The Morgan fingerprint density at radius 1 is 1.42 bits per heavy atom. The van der Waals surface area contributed by atoms with Crippen LogP contribution in [0.15, 0.2) is 18.5 Å². The molecule has 2 unspecified atom stereocenters. The molecular formula is C14H23N3O2. The molecule has 1 N–H and O–H groups in total. The molecule has 3 heterocycles. The third kappa shape index (κ3) is 3.35. The standard InChI is InChI=1S/C14H23N3O2/c1(7-17-8-2-6-16-17)5-15-13-3-9-19-14(11-13)4-10-18-12-14/h2,6,8,13,15H,1,3-5,7,9-12H2. The van der Waals surface area contributed by atoms with Crippen LogP contribution in [0, 0.1) is 0 Å². The van der Waals surface area contributed by atoms with E-state index in [1.807, 2.05) is 23.1 Å². The molecular weight excluding hydrogens is 242 g/mol. The first-order valence-corrected chi connectivity index (χ1v) is 7.29. The second kappa shape index (κ2) is 6.03. The summed E-state index contributed by atoms with van der Waals surface area (Å²) >= 11 is 0. The lowest BCUT2D eigenvalue weighted by Crippen LogP contribution is -2.47. The molecule has 2 fully saturated rings. The van der Waals surface area contributed by atoms with Gasteiger partial charge in [-0.3, -0.25) is 4.68 Å². The maximum Gasteiger partial charge on any atom is 0.0951 e. The zero-order valence-electron chi connectivity index (χ0n) is 11.4. The number of nitrogens with zero attached hydrogens (tertiary/aromatic N) is 2. The van der Waals surface area contributed by atoms with Crippen molar-refractivity contribution in [2.45, 2.75) is 43.9 Å². The lowest BCUT2D eigenvalue weighted by Gasteiger charge is -2.37. The van der Waals surface area contributed by atoms with Gasteiger partial charge in [-0.15, -0.1) is 0 Å². The summed E-state index contributed by atoms with van der Waals surface area (Å²) in [5.41, 5.74) is 0.0118. The van der Waals surface area contributed by atoms with Crippen LogP contribution < -0.4 is 5.32 Å². The van der Waals surface area contributed by atoms with Gasteiger partial charge in [0.1, 0.15) is 0 Å². The van der Waals surface area contributed by atoms with Gasteiger partial charge >= 0.3 is 0 Å². The highest BCUT2D eigenvalue weighted by Gasteiger charge is 2.40. The molecule has 0 radical (unpaired) electrons. The SMILES string of the molecule is c1cnn(CCCNC2CCOC3(CCOC3)C2)c1. The van der Waals surface area contributed by atoms with Crippen molar-refractivity contribution in [3.8, 4) is 0 Å². The molecule has 5 heteroatoms. The maximum atomic E-state index is 5.94. The third-order valence-corrected chi connectivity index (χ3v) is 4.12. The van der Waals surface area contributed by atoms with Crippen molar-refractivity contribution >= 4 is 0 Å². The highest BCUT2D eigenvalue weighted by atomic mass is 16.6. The molecule has 2 atom stereocenters. The summed E-state index contributed by atoms with van der Waals surface area (Å²) in [7, 11) is 0. The molecule has 19 heavy (non-hydrogen) atoms. The molecule has 2 aliphatic rings. The van der Waals surface area contributed by atoms with E-state index in [2.05, 4.69) is 10.4 Å². The number of aryl methyl sites for hydroxylation is 1. The van der Waals surface area contributed by atoms with Gasteiger partial charge in [0.25, 0.3) is 0 Å². The van der Waals surface area contributed by atoms with E-state index in [-0.39, 0.29) is 5.60 Å². The minimum atomic E-state index is 0.0118. The predicted octanol–water partition coefficient (Wildman–Crippen LogP) is 1.20. The third-order valence-electron chi connectivity index (χ3n) is 4.12. The number of ether oxygens (including phenoxy) is 2. The summed E-state index contributed by atoms with van der Waals surface area (Å²) in [5, 5.41) is 7.87. The molecule has 0 bridgehead atoms. The number of hydrogen-bond donors (Lipinski definition) is 1. The largest absolute Gasteiger partial charge is 0.378 e. The lowest BCUT2D eigenvalue weighted by molar-refractivity contribution is -0.0892. The first-order valence-electron chi connectivity index (χ1n) is 7.29. The summed E-state index contributed by atoms with van der Waals surface area (Å²) in [6.45, 7) is 4.52. The number of hydrogen-bond acceptors (Lipinski definition) is 4. The van der Waals surface area contributed by atoms with Crippen molar-refractivity contribution in [2.75, 3.05) is 26.4 Å². The van der Waals surface area contributed by atoms with Gasteiger partial charge < -0.3 is 14.8 Å². The summed E-state index contributed by atoms with van der Waals surface area (Å²) < 4.78 is 13.4. The summed E-state index contributed by atoms with van der Waals surface area (Å²) in [6, 6.07) is 2.54. The van der Waals surface area contributed by atoms with Crippen LogP contribution in [0.25, 0.3) is 0 Å². The van der Waals surface area contributed by atoms with Gasteiger partial charge in [0.2, 0.25) is 0 Å². The Morgan fingerprint density at radius 3 is 3.21 bits per heavy atom. The molecule has 106 valence electrons. The van der Waals surface area contributed by atoms with Gasteiger partial charge in [0, 0.05) is 44.6 Å². The lowest BCUT2D eigenvalue weighted by atomic mass is 9.89. The fraction of sp³-hybridized carbons (Fsp3) is 0.786. The van der Waals surface area contributed by atoms with E-state index >= 15 is 0 Å². The van der Waals surface area contributed by atoms with E-state index in [9.17, 15) is 0 Å². The Bertz CT molecular complexity index is 374. The molecule has 1 aromatic heterocycles. The molecule has 0 aromatic carbocycles. The molecule has 3 rings (SSSR count). The van der Waals surface area contributed by atoms with Gasteiger partial charge in [-0.2, -0.15) is 5.10 Å². The van der Waals surface area contributed by atoms with E-state index in [1.165, 1.54) is 0 Å².